The molecule has 2 aromatic carbocycles. The molecule has 2 rings (SSSR count). The first kappa shape index (κ1) is 15.4. The van der Waals surface area contributed by atoms with Crippen LogP contribution in [0.15, 0.2) is 53.5 Å². The highest BCUT2D eigenvalue weighted by Crippen LogP contribution is 2.09. The van der Waals surface area contributed by atoms with E-state index in [-0.39, 0.29) is 5.96 Å². The summed E-state index contributed by atoms with van der Waals surface area (Å²) in [5.74, 6) is -1.10. The quantitative estimate of drug-likeness (QED) is 0.658. The van der Waals surface area contributed by atoms with Gasteiger partial charge in [0, 0.05) is 11.1 Å². The lowest BCUT2D eigenvalue weighted by Gasteiger charge is -2.07. The van der Waals surface area contributed by atoms with Crippen molar-refractivity contribution < 1.29 is 9.59 Å². The smallest absolute Gasteiger partial charge is 0.280 e. The molecule has 0 heterocycles. The first-order chi connectivity index (χ1) is 10.5. The highest BCUT2D eigenvalue weighted by atomic mass is 16.2. The Bertz CT molecular complexity index is 751. The third-order valence-electron chi connectivity index (χ3n) is 3.23. The fourth-order valence-electron chi connectivity index (χ4n) is 2.02. The van der Waals surface area contributed by atoms with Gasteiger partial charge in [0.2, 0.25) is 5.96 Å². The highest BCUT2D eigenvalue weighted by molar-refractivity contribution is 6.10. The highest BCUT2D eigenvalue weighted by Gasteiger charge is 2.12. The van der Waals surface area contributed by atoms with Gasteiger partial charge in [0.25, 0.3) is 11.8 Å². The predicted molar refractivity (Wildman–Crippen MR) is 85.8 cm³/mol. The number of carbonyl (C=O) groups is 2. The molecule has 0 radical (unpaired) electrons. The van der Waals surface area contributed by atoms with Gasteiger partial charge in [0.15, 0.2) is 0 Å². The molecular formula is C17H17N3O2. The van der Waals surface area contributed by atoms with Gasteiger partial charge in [-0.2, -0.15) is 4.99 Å². The van der Waals surface area contributed by atoms with Crippen LogP contribution in [0.2, 0.25) is 0 Å². The molecule has 0 aliphatic carbocycles. The van der Waals surface area contributed by atoms with E-state index in [0.29, 0.717) is 11.1 Å². The molecule has 0 unspecified atom stereocenters. The summed E-state index contributed by atoms with van der Waals surface area (Å²) < 4.78 is 0. The summed E-state index contributed by atoms with van der Waals surface area (Å²) in [6.45, 7) is 3.63. The monoisotopic (exact) mass is 295 g/mol. The van der Waals surface area contributed by atoms with Crippen LogP contribution in [0, 0.1) is 13.8 Å². The first-order valence-corrected chi connectivity index (χ1v) is 6.80. The lowest BCUT2D eigenvalue weighted by Crippen LogP contribution is -2.37. The van der Waals surface area contributed by atoms with E-state index in [1.807, 2.05) is 38.1 Å². The minimum atomic E-state index is -0.485. The second-order valence-electron chi connectivity index (χ2n) is 4.89. The Morgan fingerprint density at radius 2 is 1.41 bits per heavy atom. The molecule has 2 amide bonds. The third-order valence-corrected chi connectivity index (χ3v) is 3.23. The van der Waals surface area contributed by atoms with Crippen LogP contribution in [0.4, 0.5) is 0 Å². The van der Waals surface area contributed by atoms with Crippen molar-refractivity contribution in [3.63, 3.8) is 0 Å². The second-order valence-corrected chi connectivity index (χ2v) is 4.89. The molecule has 0 aromatic heterocycles. The molecule has 2 aromatic rings. The minimum Gasteiger partial charge on any atom is -0.369 e. The van der Waals surface area contributed by atoms with E-state index >= 15 is 0 Å². The van der Waals surface area contributed by atoms with Crippen LogP contribution in [0.5, 0.6) is 0 Å². The summed E-state index contributed by atoms with van der Waals surface area (Å²) >= 11 is 0. The number of nitrogens with zero attached hydrogens (tertiary/aromatic N) is 1. The Labute approximate surface area is 128 Å². The van der Waals surface area contributed by atoms with Gasteiger partial charge in [0.1, 0.15) is 0 Å². The standard InChI is InChI=1S/C17H17N3O2/c1-11-7-3-5-9-13(11)15(21)19-17(18)20-16(22)14-10-6-4-8-12(14)2/h3-10H,1-2H3,(H3,18,19,20,21,22). The second kappa shape index (κ2) is 6.67. The average Bonchev–Trinajstić information content (AvgIpc) is 2.47. The first-order valence-electron chi connectivity index (χ1n) is 6.80. The third kappa shape index (κ3) is 3.58. The number of guanidine groups is 1. The van der Waals surface area contributed by atoms with Crippen molar-refractivity contribution in [2.75, 3.05) is 0 Å². The number of rotatable bonds is 2. The number of nitrogens with one attached hydrogen (secondary N) is 1. The zero-order valence-electron chi connectivity index (χ0n) is 12.5. The molecule has 0 saturated heterocycles. The molecular weight excluding hydrogens is 278 g/mol. The zero-order valence-corrected chi connectivity index (χ0v) is 12.5. The normalized spacial score (nSPS) is 11.1. The van der Waals surface area contributed by atoms with Gasteiger partial charge in [-0.25, -0.2) is 0 Å². The van der Waals surface area contributed by atoms with Crippen LogP contribution < -0.4 is 11.1 Å². The van der Waals surface area contributed by atoms with E-state index in [4.69, 9.17) is 5.73 Å². The number of hydrogen-bond acceptors (Lipinski definition) is 2. The summed E-state index contributed by atoms with van der Waals surface area (Å²) in [7, 11) is 0. The van der Waals surface area contributed by atoms with Crippen molar-refractivity contribution in [1.82, 2.24) is 5.32 Å². The van der Waals surface area contributed by atoms with Crippen LogP contribution >= 0.6 is 0 Å². The Balaban J connectivity index is 2.14. The van der Waals surface area contributed by atoms with Crippen molar-refractivity contribution >= 4 is 17.8 Å². The molecule has 0 aliphatic rings. The predicted octanol–water partition coefficient (Wildman–Crippen LogP) is 2.19. The zero-order chi connectivity index (χ0) is 16.1. The summed E-state index contributed by atoms with van der Waals surface area (Å²) in [5.41, 5.74) is 8.21. The molecule has 3 N–H and O–H groups in total. The molecule has 0 spiro atoms. The average molecular weight is 295 g/mol. The number of nitrogens with two attached hydrogens (primary N) is 1. The minimum absolute atomic E-state index is 0.221. The van der Waals surface area contributed by atoms with Gasteiger partial charge in [0.05, 0.1) is 0 Å². The van der Waals surface area contributed by atoms with Crippen molar-refractivity contribution in [2.24, 2.45) is 10.7 Å². The molecule has 0 bridgehead atoms. The fourth-order valence-corrected chi connectivity index (χ4v) is 2.02. The van der Waals surface area contributed by atoms with Crippen LogP contribution in [-0.2, 0) is 0 Å². The molecule has 0 saturated carbocycles. The molecule has 22 heavy (non-hydrogen) atoms. The number of carbonyl (C=O) groups excluding carboxylic acids is 2. The van der Waals surface area contributed by atoms with Crippen molar-refractivity contribution in [1.29, 1.82) is 0 Å². The molecule has 0 fully saturated rings. The van der Waals surface area contributed by atoms with Gasteiger partial charge in [-0.1, -0.05) is 36.4 Å². The van der Waals surface area contributed by atoms with Gasteiger partial charge in [-0.3, -0.25) is 14.9 Å². The number of aryl methyl sites for hydroxylation is 2. The van der Waals surface area contributed by atoms with Crippen LogP contribution in [0.1, 0.15) is 31.8 Å². The van der Waals surface area contributed by atoms with E-state index in [1.54, 1.807) is 24.3 Å². The van der Waals surface area contributed by atoms with Crippen molar-refractivity contribution in [3.8, 4) is 0 Å². The summed E-state index contributed by atoms with van der Waals surface area (Å²) in [5, 5.41) is 2.43. The number of hydrogen-bond donors (Lipinski definition) is 2. The van der Waals surface area contributed by atoms with Gasteiger partial charge in [-0.15, -0.1) is 0 Å². The molecule has 5 heteroatoms. The number of aliphatic imine (C=N–C) groups is 1. The summed E-state index contributed by atoms with van der Waals surface area (Å²) in [6.07, 6.45) is 0. The molecule has 5 nitrogen and oxygen atoms in total. The largest absolute Gasteiger partial charge is 0.369 e. The Morgan fingerprint density at radius 3 is 1.95 bits per heavy atom. The Kier molecular flexibility index (Phi) is 4.68. The summed E-state index contributed by atoms with van der Waals surface area (Å²) in [4.78, 5) is 27.8. The number of amides is 2. The molecule has 0 atom stereocenters. The van der Waals surface area contributed by atoms with Crippen LogP contribution in [-0.4, -0.2) is 17.8 Å². The lowest BCUT2D eigenvalue weighted by molar-refractivity contribution is 0.0976. The Morgan fingerprint density at radius 1 is 0.909 bits per heavy atom. The van der Waals surface area contributed by atoms with Crippen LogP contribution in [0.25, 0.3) is 0 Å². The molecule has 0 aliphatic heterocycles. The van der Waals surface area contributed by atoms with Gasteiger partial charge < -0.3 is 5.73 Å². The maximum atomic E-state index is 12.1. The van der Waals surface area contributed by atoms with E-state index in [0.717, 1.165) is 11.1 Å². The van der Waals surface area contributed by atoms with Gasteiger partial charge in [-0.05, 0) is 37.1 Å². The van der Waals surface area contributed by atoms with Crippen LogP contribution in [0.3, 0.4) is 0 Å². The van der Waals surface area contributed by atoms with E-state index in [2.05, 4.69) is 10.3 Å². The van der Waals surface area contributed by atoms with Crippen molar-refractivity contribution in [2.45, 2.75) is 13.8 Å². The fraction of sp³-hybridized carbons (Fsp3) is 0.118. The van der Waals surface area contributed by atoms with Crippen molar-refractivity contribution in [3.05, 3.63) is 70.8 Å². The maximum Gasteiger partial charge on any atom is 0.280 e. The number of benzene rings is 2. The molecule has 112 valence electrons. The van der Waals surface area contributed by atoms with Gasteiger partial charge >= 0.3 is 0 Å². The SMILES string of the molecule is Cc1ccccc1C(=O)N=C(N)NC(=O)c1ccccc1C. The van der Waals surface area contributed by atoms with E-state index in [9.17, 15) is 9.59 Å². The Hall–Kier alpha value is -2.95. The van der Waals surface area contributed by atoms with E-state index in [1.165, 1.54) is 0 Å². The van der Waals surface area contributed by atoms with E-state index < -0.39 is 11.8 Å². The summed E-state index contributed by atoms with van der Waals surface area (Å²) in [6, 6.07) is 14.2. The lowest BCUT2D eigenvalue weighted by atomic mass is 10.1. The topological polar surface area (TPSA) is 84.6 Å². The maximum absolute atomic E-state index is 12.1.